The number of hydrogen-bond acceptors (Lipinski definition) is 6. The van der Waals surface area contributed by atoms with Gasteiger partial charge in [0.15, 0.2) is 0 Å². The van der Waals surface area contributed by atoms with Crippen molar-refractivity contribution in [3.05, 3.63) is 41.7 Å². The maximum absolute atomic E-state index is 10.6. The van der Waals surface area contributed by atoms with Gasteiger partial charge in [0.25, 0.3) is 0 Å². The lowest BCUT2D eigenvalue weighted by Gasteiger charge is -2.36. The van der Waals surface area contributed by atoms with Gasteiger partial charge in [-0.1, -0.05) is 17.7 Å². The Labute approximate surface area is 179 Å². The number of rotatable bonds is 2. The monoisotopic (exact) mass is 422 g/mol. The summed E-state index contributed by atoms with van der Waals surface area (Å²) in [5.41, 5.74) is 2.93. The number of anilines is 1. The molecule has 2 aromatic heterocycles. The van der Waals surface area contributed by atoms with E-state index in [0.29, 0.717) is 28.6 Å². The van der Waals surface area contributed by atoms with Crippen LogP contribution in [0.15, 0.2) is 36.7 Å². The first-order valence-corrected chi connectivity index (χ1v) is 10.4. The van der Waals surface area contributed by atoms with Gasteiger partial charge in [-0.15, -0.1) is 0 Å². The van der Waals surface area contributed by atoms with Crippen LogP contribution >= 0.6 is 11.6 Å². The Morgan fingerprint density at radius 3 is 2.63 bits per heavy atom. The zero-order chi connectivity index (χ0) is 21.0. The van der Waals surface area contributed by atoms with E-state index in [0.717, 1.165) is 40.5 Å². The number of piperazine rings is 1. The number of nitrogens with zero attached hydrogens (tertiary/aromatic N) is 5. The molecule has 0 spiro atoms. The second-order valence-corrected chi connectivity index (χ2v) is 8.51. The lowest BCUT2D eigenvalue weighted by molar-refractivity contribution is 0.403. The van der Waals surface area contributed by atoms with Gasteiger partial charge >= 0.3 is 0 Å². The molecular weight excluding hydrogens is 400 g/mol. The Balaban J connectivity index is 1.57. The van der Waals surface area contributed by atoms with Crippen LogP contribution < -0.4 is 10.2 Å². The number of phenolic OH excluding ortho intramolecular Hbond substituents is 1. The fraction of sp³-hybridized carbons (Fsp3) is 0.318. The molecule has 0 aliphatic carbocycles. The molecule has 1 saturated heterocycles. The second-order valence-electron chi connectivity index (χ2n) is 8.13. The molecule has 7 nitrogen and oxygen atoms in total. The lowest BCUT2D eigenvalue weighted by atomic mass is 10.0. The van der Waals surface area contributed by atoms with E-state index in [2.05, 4.69) is 34.1 Å². The highest BCUT2D eigenvalue weighted by Crippen LogP contribution is 2.39. The molecule has 0 amide bonds. The summed E-state index contributed by atoms with van der Waals surface area (Å²) in [6.45, 7) is 6.05. The molecule has 1 aliphatic heterocycles. The molecule has 4 aromatic rings. The lowest BCUT2D eigenvalue weighted by Crippen LogP contribution is -2.54. The van der Waals surface area contributed by atoms with Gasteiger partial charge < -0.3 is 15.3 Å². The summed E-state index contributed by atoms with van der Waals surface area (Å²) in [5, 5.41) is 20.7. The molecule has 3 heterocycles. The van der Waals surface area contributed by atoms with Crippen LogP contribution in [0.4, 0.5) is 5.95 Å². The van der Waals surface area contributed by atoms with Crippen molar-refractivity contribution in [2.75, 3.05) is 18.0 Å². The van der Waals surface area contributed by atoms with Gasteiger partial charge in [-0.25, -0.2) is 9.97 Å². The van der Waals surface area contributed by atoms with Crippen molar-refractivity contribution in [3.63, 3.8) is 0 Å². The van der Waals surface area contributed by atoms with E-state index in [1.807, 2.05) is 31.4 Å². The average Bonchev–Trinajstić information content (AvgIpc) is 3.05. The summed E-state index contributed by atoms with van der Waals surface area (Å²) in [6, 6.07) is 8.17. The van der Waals surface area contributed by atoms with Gasteiger partial charge in [0.2, 0.25) is 5.95 Å². The van der Waals surface area contributed by atoms with E-state index in [9.17, 15) is 5.11 Å². The maximum atomic E-state index is 10.6. The van der Waals surface area contributed by atoms with Gasteiger partial charge in [-0.2, -0.15) is 5.10 Å². The van der Waals surface area contributed by atoms with Gasteiger partial charge in [0.05, 0.1) is 16.1 Å². The normalized spacial score (nSPS) is 19.7. The Bertz CT molecular complexity index is 1260. The van der Waals surface area contributed by atoms with E-state index in [1.54, 1.807) is 16.9 Å². The van der Waals surface area contributed by atoms with E-state index in [1.165, 1.54) is 0 Å². The Morgan fingerprint density at radius 2 is 1.87 bits per heavy atom. The van der Waals surface area contributed by atoms with Gasteiger partial charge in [-0.05, 0) is 26.0 Å². The van der Waals surface area contributed by atoms with Crippen molar-refractivity contribution >= 4 is 39.4 Å². The number of fused-ring (bicyclic) bond motifs is 2. The van der Waals surface area contributed by atoms with Crippen LogP contribution in [0.1, 0.15) is 13.8 Å². The first kappa shape index (κ1) is 19.1. The summed E-state index contributed by atoms with van der Waals surface area (Å²) in [6.07, 6.45) is 3.69. The average molecular weight is 423 g/mol. The topological polar surface area (TPSA) is 79.1 Å². The smallest absolute Gasteiger partial charge is 0.225 e. The van der Waals surface area contributed by atoms with Crippen LogP contribution in [-0.2, 0) is 7.05 Å². The number of aryl methyl sites for hydroxylation is 1. The molecule has 1 aliphatic rings. The van der Waals surface area contributed by atoms with Crippen molar-refractivity contribution in [2.45, 2.75) is 25.9 Å². The predicted molar refractivity (Wildman–Crippen MR) is 120 cm³/mol. The molecule has 2 aromatic carbocycles. The van der Waals surface area contributed by atoms with Gasteiger partial charge in [-0.3, -0.25) is 4.68 Å². The quantitative estimate of drug-likeness (QED) is 0.512. The van der Waals surface area contributed by atoms with Crippen LogP contribution in [0.5, 0.6) is 5.75 Å². The molecule has 30 heavy (non-hydrogen) atoms. The largest absolute Gasteiger partial charge is 0.507 e. The summed E-state index contributed by atoms with van der Waals surface area (Å²) < 4.78 is 1.73. The Kier molecular flexibility index (Phi) is 4.52. The van der Waals surface area contributed by atoms with E-state index in [-0.39, 0.29) is 5.75 Å². The third-order valence-electron chi connectivity index (χ3n) is 5.55. The highest BCUT2D eigenvalue weighted by atomic mass is 35.5. The minimum atomic E-state index is 0.142. The third-order valence-corrected chi connectivity index (χ3v) is 5.96. The first-order valence-electron chi connectivity index (χ1n) is 10.0. The summed E-state index contributed by atoms with van der Waals surface area (Å²) in [4.78, 5) is 11.6. The van der Waals surface area contributed by atoms with Crippen molar-refractivity contribution in [3.8, 4) is 16.9 Å². The standard InChI is InChI=1S/C22H23ClN6O/c1-12-9-29(10-13(2)25-12)22-24-8-17-18(26-22)5-4-15(21(17)23)16-6-14-11-28(3)27-19(14)7-20(16)30/h4-8,11-13,25,30H,9-10H2,1-3H3/t12-,13+. The molecule has 154 valence electrons. The van der Waals surface area contributed by atoms with Crippen molar-refractivity contribution < 1.29 is 5.11 Å². The number of aromatic hydroxyl groups is 1. The zero-order valence-electron chi connectivity index (χ0n) is 17.1. The molecule has 0 bridgehead atoms. The highest BCUT2D eigenvalue weighted by molar-refractivity contribution is 6.38. The molecule has 0 saturated carbocycles. The fourth-order valence-electron chi connectivity index (χ4n) is 4.31. The zero-order valence-corrected chi connectivity index (χ0v) is 17.9. The van der Waals surface area contributed by atoms with Crippen molar-refractivity contribution in [2.24, 2.45) is 7.05 Å². The number of hydrogen-bond donors (Lipinski definition) is 2. The minimum absolute atomic E-state index is 0.142. The number of aromatic nitrogens is 4. The number of benzene rings is 2. The SMILES string of the molecule is C[C@@H]1CN(c2ncc3c(Cl)c(-c4cc5cn(C)nc5cc4O)ccc3n2)C[C@H](C)N1. The van der Waals surface area contributed by atoms with Crippen LogP contribution in [0.2, 0.25) is 5.02 Å². The van der Waals surface area contributed by atoms with Crippen LogP contribution in [0.3, 0.4) is 0 Å². The molecular formula is C22H23ClN6O. The summed E-state index contributed by atoms with van der Waals surface area (Å²) >= 11 is 6.75. The third kappa shape index (κ3) is 3.24. The summed E-state index contributed by atoms with van der Waals surface area (Å²) in [5.74, 6) is 0.856. The minimum Gasteiger partial charge on any atom is -0.507 e. The molecule has 2 atom stereocenters. The van der Waals surface area contributed by atoms with Crippen LogP contribution in [0, 0.1) is 0 Å². The second kappa shape index (κ2) is 7.11. The molecule has 0 unspecified atom stereocenters. The van der Waals surface area contributed by atoms with E-state index < -0.39 is 0 Å². The van der Waals surface area contributed by atoms with Crippen molar-refractivity contribution in [1.29, 1.82) is 0 Å². The molecule has 5 rings (SSSR count). The molecule has 8 heteroatoms. The Hall–Kier alpha value is -2.90. The van der Waals surface area contributed by atoms with Gasteiger partial charge in [0, 0.05) is 72.6 Å². The van der Waals surface area contributed by atoms with E-state index >= 15 is 0 Å². The highest BCUT2D eigenvalue weighted by Gasteiger charge is 2.23. The maximum Gasteiger partial charge on any atom is 0.225 e. The molecule has 0 radical (unpaired) electrons. The van der Waals surface area contributed by atoms with Gasteiger partial charge in [0.1, 0.15) is 5.75 Å². The van der Waals surface area contributed by atoms with Crippen LogP contribution in [0.25, 0.3) is 32.9 Å². The predicted octanol–water partition coefficient (Wildman–Crippen LogP) is 3.73. The fourth-order valence-corrected chi connectivity index (χ4v) is 4.62. The Morgan fingerprint density at radius 1 is 1.10 bits per heavy atom. The van der Waals surface area contributed by atoms with Crippen LogP contribution in [-0.4, -0.2) is 50.0 Å². The molecule has 1 fully saturated rings. The first-order chi connectivity index (χ1) is 14.4. The number of halogens is 1. The van der Waals surface area contributed by atoms with E-state index in [4.69, 9.17) is 16.6 Å². The number of nitrogens with one attached hydrogen (secondary N) is 1. The van der Waals surface area contributed by atoms with Crippen molar-refractivity contribution in [1.82, 2.24) is 25.1 Å². The molecule has 2 N–H and O–H groups in total. The number of phenols is 1. The summed E-state index contributed by atoms with van der Waals surface area (Å²) in [7, 11) is 1.86.